The highest BCUT2D eigenvalue weighted by Gasteiger charge is 2.03. The second-order valence-corrected chi connectivity index (χ2v) is 4.91. The minimum atomic E-state index is -0.931. The van der Waals surface area contributed by atoms with Crippen LogP contribution >= 0.6 is 23.2 Å². The van der Waals surface area contributed by atoms with E-state index in [1.54, 1.807) is 24.3 Å². The number of hydrogen-bond acceptors (Lipinski definition) is 1. The lowest BCUT2D eigenvalue weighted by molar-refractivity contribution is -0.132. The van der Waals surface area contributed by atoms with Crippen LogP contribution in [0.3, 0.4) is 0 Å². The Kier molecular flexibility index (Phi) is 3.98. The molecule has 1 aromatic heterocycles. The molecule has 19 heavy (non-hydrogen) atoms. The van der Waals surface area contributed by atoms with Crippen LogP contribution < -0.4 is 0 Å². The number of carbonyl (C=O) groups is 1. The Morgan fingerprint density at radius 3 is 2.63 bits per heavy atom. The molecule has 0 unspecified atom stereocenters. The standard InChI is InChI=1S/C14H11Cl2NO2/c1-8(14(18)19)3-2-4-10-5-9-6-11(15)12(16)7-13(9)17-10/h2-7,17H,1H3,(H,18,19)/b4-2+,8-3-. The van der Waals surface area contributed by atoms with Crippen molar-refractivity contribution in [2.24, 2.45) is 0 Å². The number of hydrogen-bond donors (Lipinski definition) is 2. The molecule has 0 spiro atoms. The molecule has 2 aromatic rings. The van der Waals surface area contributed by atoms with E-state index in [1.807, 2.05) is 6.07 Å². The molecule has 0 atom stereocenters. The zero-order valence-electron chi connectivity index (χ0n) is 10.1. The molecule has 3 nitrogen and oxygen atoms in total. The maximum absolute atomic E-state index is 10.6. The summed E-state index contributed by atoms with van der Waals surface area (Å²) in [7, 11) is 0. The highest BCUT2D eigenvalue weighted by Crippen LogP contribution is 2.28. The molecule has 2 rings (SSSR count). The summed E-state index contributed by atoms with van der Waals surface area (Å²) in [5.74, 6) is -0.931. The van der Waals surface area contributed by atoms with Gasteiger partial charge in [0.1, 0.15) is 0 Å². The fraction of sp³-hybridized carbons (Fsp3) is 0.0714. The number of halogens is 2. The van der Waals surface area contributed by atoms with Crippen molar-refractivity contribution >= 4 is 46.2 Å². The highest BCUT2D eigenvalue weighted by atomic mass is 35.5. The van der Waals surface area contributed by atoms with Crippen molar-refractivity contribution in [2.45, 2.75) is 6.92 Å². The van der Waals surface area contributed by atoms with Gasteiger partial charge in [-0.1, -0.05) is 35.4 Å². The van der Waals surface area contributed by atoms with Crippen molar-refractivity contribution in [3.05, 3.63) is 51.7 Å². The molecule has 2 N–H and O–H groups in total. The lowest BCUT2D eigenvalue weighted by atomic mass is 10.2. The van der Waals surface area contributed by atoms with Crippen LogP contribution in [0.5, 0.6) is 0 Å². The van der Waals surface area contributed by atoms with Gasteiger partial charge in [-0.05, 0) is 31.2 Å². The number of aromatic amines is 1. The first-order chi connectivity index (χ1) is 8.97. The van der Waals surface area contributed by atoms with Crippen molar-refractivity contribution in [3.8, 4) is 0 Å². The third-order valence-corrected chi connectivity index (χ3v) is 3.36. The minimum Gasteiger partial charge on any atom is -0.478 e. The van der Waals surface area contributed by atoms with Gasteiger partial charge in [-0.25, -0.2) is 4.79 Å². The topological polar surface area (TPSA) is 53.1 Å². The van der Waals surface area contributed by atoms with Gasteiger partial charge in [0.25, 0.3) is 0 Å². The maximum atomic E-state index is 10.6. The van der Waals surface area contributed by atoms with E-state index in [0.29, 0.717) is 10.0 Å². The Morgan fingerprint density at radius 1 is 1.26 bits per heavy atom. The molecule has 0 fully saturated rings. The second-order valence-electron chi connectivity index (χ2n) is 4.09. The summed E-state index contributed by atoms with van der Waals surface area (Å²) in [4.78, 5) is 13.8. The second kappa shape index (κ2) is 5.51. The van der Waals surface area contributed by atoms with E-state index >= 15 is 0 Å². The number of benzene rings is 1. The van der Waals surface area contributed by atoms with Gasteiger partial charge in [0.15, 0.2) is 0 Å². The van der Waals surface area contributed by atoms with Crippen molar-refractivity contribution in [1.29, 1.82) is 0 Å². The predicted octanol–water partition coefficient (Wildman–Crippen LogP) is 4.52. The summed E-state index contributed by atoms with van der Waals surface area (Å²) in [6.45, 7) is 1.54. The SMILES string of the molecule is C/C(=C/C=C/c1cc2cc(Cl)c(Cl)cc2[nH]1)C(=O)O. The number of rotatable bonds is 3. The molecule has 5 heteroatoms. The first kappa shape index (κ1) is 13.7. The number of nitrogens with one attached hydrogen (secondary N) is 1. The Balaban J connectivity index is 2.30. The number of aromatic nitrogens is 1. The molecule has 1 heterocycles. The molecule has 0 aliphatic heterocycles. The number of aliphatic carboxylic acids is 1. The molecule has 98 valence electrons. The Hall–Kier alpha value is -1.71. The quantitative estimate of drug-likeness (QED) is 0.646. The molecular formula is C14H11Cl2NO2. The van der Waals surface area contributed by atoms with E-state index in [4.69, 9.17) is 28.3 Å². The zero-order valence-corrected chi connectivity index (χ0v) is 11.6. The molecule has 0 saturated heterocycles. The van der Waals surface area contributed by atoms with Crippen LogP contribution in [0.1, 0.15) is 12.6 Å². The molecule has 0 bridgehead atoms. The summed E-state index contributed by atoms with van der Waals surface area (Å²) >= 11 is 11.9. The zero-order chi connectivity index (χ0) is 14.0. The van der Waals surface area contributed by atoms with Crippen molar-refractivity contribution in [3.63, 3.8) is 0 Å². The Morgan fingerprint density at radius 2 is 1.95 bits per heavy atom. The van der Waals surface area contributed by atoms with Crippen LogP contribution in [0.15, 0.2) is 35.9 Å². The van der Waals surface area contributed by atoms with Gasteiger partial charge >= 0.3 is 5.97 Å². The summed E-state index contributed by atoms with van der Waals surface area (Å²) in [5, 5.41) is 10.7. The molecular weight excluding hydrogens is 285 g/mol. The van der Waals surface area contributed by atoms with Gasteiger partial charge in [-0.15, -0.1) is 0 Å². The number of allylic oxidation sites excluding steroid dienone is 2. The minimum absolute atomic E-state index is 0.276. The fourth-order valence-corrected chi connectivity index (χ4v) is 1.94. The Bertz CT molecular complexity index is 660. The van der Waals surface area contributed by atoms with E-state index in [0.717, 1.165) is 16.6 Å². The average molecular weight is 296 g/mol. The van der Waals surface area contributed by atoms with E-state index < -0.39 is 5.97 Å². The van der Waals surface area contributed by atoms with Crippen LogP contribution in [0.25, 0.3) is 17.0 Å². The van der Waals surface area contributed by atoms with Crippen molar-refractivity contribution < 1.29 is 9.90 Å². The van der Waals surface area contributed by atoms with Crippen LogP contribution in [0.4, 0.5) is 0 Å². The Labute approximate surface area is 120 Å². The summed E-state index contributed by atoms with van der Waals surface area (Å²) < 4.78 is 0. The normalized spacial score (nSPS) is 12.5. The van der Waals surface area contributed by atoms with Gasteiger partial charge < -0.3 is 10.1 Å². The number of carboxylic acids is 1. The van der Waals surface area contributed by atoms with Gasteiger partial charge in [-0.3, -0.25) is 0 Å². The molecule has 0 amide bonds. The van der Waals surface area contributed by atoms with E-state index in [2.05, 4.69) is 4.98 Å². The third-order valence-electron chi connectivity index (χ3n) is 2.64. The maximum Gasteiger partial charge on any atom is 0.331 e. The van der Waals surface area contributed by atoms with Crippen molar-refractivity contribution in [2.75, 3.05) is 0 Å². The summed E-state index contributed by atoms with van der Waals surface area (Å²) in [5.41, 5.74) is 2.01. The van der Waals surface area contributed by atoms with E-state index in [-0.39, 0.29) is 5.57 Å². The van der Waals surface area contributed by atoms with Crippen LogP contribution in [-0.4, -0.2) is 16.1 Å². The lowest BCUT2D eigenvalue weighted by Gasteiger charge is -1.94. The predicted molar refractivity (Wildman–Crippen MR) is 78.7 cm³/mol. The molecule has 0 aliphatic carbocycles. The van der Waals surface area contributed by atoms with Crippen LogP contribution in [-0.2, 0) is 4.79 Å². The summed E-state index contributed by atoms with van der Waals surface area (Å²) in [6, 6.07) is 5.46. The molecule has 0 radical (unpaired) electrons. The van der Waals surface area contributed by atoms with Gasteiger partial charge in [0.05, 0.1) is 10.0 Å². The molecule has 0 aliphatic rings. The smallest absolute Gasteiger partial charge is 0.331 e. The van der Waals surface area contributed by atoms with Gasteiger partial charge in [-0.2, -0.15) is 0 Å². The van der Waals surface area contributed by atoms with Crippen LogP contribution in [0, 0.1) is 0 Å². The van der Waals surface area contributed by atoms with E-state index in [9.17, 15) is 4.79 Å². The molecule has 0 saturated carbocycles. The summed E-state index contributed by atoms with van der Waals surface area (Å²) in [6.07, 6.45) is 5.00. The number of carboxylic acid groups (broad SMARTS) is 1. The van der Waals surface area contributed by atoms with Gasteiger partial charge in [0, 0.05) is 22.2 Å². The lowest BCUT2D eigenvalue weighted by Crippen LogP contribution is -1.94. The monoisotopic (exact) mass is 295 g/mol. The van der Waals surface area contributed by atoms with Crippen molar-refractivity contribution in [1.82, 2.24) is 4.98 Å². The first-order valence-electron chi connectivity index (χ1n) is 5.53. The fourth-order valence-electron chi connectivity index (χ4n) is 1.61. The van der Waals surface area contributed by atoms with Crippen LogP contribution in [0.2, 0.25) is 10.0 Å². The highest BCUT2D eigenvalue weighted by molar-refractivity contribution is 6.42. The number of H-pyrrole nitrogens is 1. The number of fused-ring (bicyclic) bond motifs is 1. The van der Waals surface area contributed by atoms with E-state index in [1.165, 1.54) is 13.0 Å². The third kappa shape index (κ3) is 3.19. The molecule has 1 aromatic carbocycles. The van der Waals surface area contributed by atoms with Gasteiger partial charge in [0.2, 0.25) is 0 Å². The first-order valence-corrected chi connectivity index (χ1v) is 6.29. The average Bonchev–Trinajstić information content (AvgIpc) is 2.71. The largest absolute Gasteiger partial charge is 0.478 e.